The van der Waals surface area contributed by atoms with Gasteiger partial charge in [0.05, 0.1) is 13.2 Å². The summed E-state index contributed by atoms with van der Waals surface area (Å²) in [6.45, 7) is -0.729. The monoisotopic (exact) mass is 214 g/mol. The van der Waals surface area contributed by atoms with E-state index < -0.39 is 6.10 Å². The second kappa shape index (κ2) is 15.9. The normalized spacial score (nSPS) is 7.33. The molecule has 0 aliphatic rings. The van der Waals surface area contributed by atoms with Crippen LogP contribution in [0.5, 0.6) is 0 Å². The van der Waals surface area contributed by atoms with E-state index in [0.717, 1.165) is 7.11 Å². The molecule has 56 valence electrons. The molecular formula is C4H12O4Zr. The SMILES string of the molecule is CO.OCC(O)CO.[Zr]. The molecule has 4 nitrogen and oxygen atoms in total. The first-order valence-corrected chi connectivity index (χ1v) is 2.15. The Labute approximate surface area is 73.3 Å². The molecule has 0 saturated carbocycles. The maximum Gasteiger partial charge on any atom is 0.100 e. The number of aliphatic hydroxyl groups excluding tert-OH is 4. The maximum absolute atomic E-state index is 8.17. The topological polar surface area (TPSA) is 80.9 Å². The third kappa shape index (κ3) is 17.7. The molecule has 0 aromatic heterocycles. The first kappa shape index (κ1) is 16.4. The van der Waals surface area contributed by atoms with Gasteiger partial charge in [0.15, 0.2) is 0 Å². The molecule has 0 spiro atoms. The van der Waals surface area contributed by atoms with Crippen LogP contribution in [0.25, 0.3) is 0 Å². The van der Waals surface area contributed by atoms with Gasteiger partial charge in [0.1, 0.15) is 6.10 Å². The molecule has 5 heteroatoms. The number of hydrogen-bond acceptors (Lipinski definition) is 4. The summed E-state index contributed by atoms with van der Waals surface area (Å²) in [5.74, 6) is 0. The first-order chi connectivity index (χ1) is 3.81. The van der Waals surface area contributed by atoms with Crippen molar-refractivity contribution in [2.75, 3.05) is 20.3 Å². The van der Waals surface area contributed by atoms with Crippen molar-refractivity contribution in [3.05, 3.63) is 0 Å². The fourth-order valence-corrected chi connectivity index (χ4v) is 0.0577. The maximum atomic E-state index is 8.17. The average molecular weight is 215 g/mol. The van der Waals surface area contributed by atoms with E-state index in [0.29, 0.717) is 0 Å². The summed E-state index contributed by atoms with van der Waals surface area (Å²) in [5, 5.41) is 31.0. The van der Waals surface area contributed by atoms with E-state index >= 15 is 0 Å². The molecule has 0 aromatic carbocycles. The van der Waals surface area contributed by atoms with Crippen molar-refractivity contribution in [1.29, 1.82) is 0 Å². The van der Waals surface area contributed by atoms with Crippen LogP contribution in [-0.4, -0.2) is 46.9 Å². The largest absolute Gasteiger partial charge is 0.400 e. The van der Waals surface area contributed by atoms with Crippen LogP contribution < -0.4 is 0 Å². The van der Waals surface area contributed by atoms with Crippen molar-refractivity contribution in [3.8, 4) is 0 Å². The summed E-state index contributed by atoms with van der Waals surface area (Å²) in [5.41, 5.74) is 0. The zero-order chi connectivity index (χ0) is 6.99. The Balaban J connectivity index is -0.000000109. The molecule has 0 unspecified atom stereocenters. The zero-order valence-electron chi connectivity index (χ0n) is 5.28. The molecule has 0 atom stereocenters. The van der Waals surface area contributed by atoms with E-state index in [-0.39, 0.29) is 39.4 Å². The standard InChI is InChI=1S/C3H8O3.CH4O.Zr/c4-1-3(6)2-5;1-2;/h3-6H,1-2H2;2H,1H3;. The van der Waals surface area contributed by atoms with Crippen LogP contribution in [0, 0.1) is 0 Å². The number of hydrogen-bond donors (Lipinski definition) is 4. The van der Waals surface area contributed by atoms with Crippen LogP contribution in [0.1, 0.15) is 0 Å². The van der Waals surface area contributed by atoms with E-state index in [2.05, 4.69) is 0 Å². The van der Waals surface area contributed by atoms with E-state index in [1.165, 1.54) is 0 Å². The van der Waals surface area contributed by atoms with Crippen molar-refractivity contribution in [3.63, 3.8) is 0 Å². The van der Waals surface area contributed by atoms with E-state index in [1.807, 2.05) is 0 Å². The molecule has 0 radical (unpaired) electrons. The van der Waals surface area contributed by atoms with Crippen molar-refractivity contribution in [2.45, 2.75) is 6.10 Å². The molecule has 0 amide bonds. The van der Waals surface area contributed by atoms with Crippen molar-refractivity contribution in [1.82, 2.24) is 0 Å². The fourth-order valence-electron chi connectivity index (χ4n) is 0.0577. The predicted molar refractivity (Wildman–Crippen MR) is 28.3 cm³/mol. The predicted octanol–water partition coefficient (Wildman–Crippen LogP) is -2.06. The Morgan fingerprint density at radius 2 is 1.33 bits per heavy atom. The van der Waals surface area contributed by atoms with Crippen LogP contribution in [0.2, 0.25) is 0 Å². The summed E-state index contributed by atoms with van der Waals surface area (Å²) in [7, 11) is 1.00. The number of aliphatic hydroxyl groups is 4. The van der Waals surface area contributed by atoms with Gasteiger partial charge < -0.3 is 20.4 Å². The molecule has 0 aromatic rings. The summed E-state index contributed by atoms with van der Waals surface area (Å²) < 4.78 is 0. The molecule has 0 rings (SSSR count). The molecule has 0 aliphatic carbocycles. The van der Waals surface area contributed by atoms with Crippen LogP contribution in [0.15, 0.2) is 0 Å². The van der Waals surface area contributed by atoms with Crippen LogP contribution in [0.3, 0.4) is 0 Å². The molecule has 0 bridgehead atoms. The second-order valence-corrected chi connectivity index (χ2v) is 1.02. The molecule has 0 aliphatic heterocycles. The minimum Gasteiger partial charge on any atom is -0.400 e. The van der Waals surface area contributed by atoms with E-state index in [4.69, 9.17) is 20.4 Å². The Morgan fingerprint density at radius 3 is 1.33 bits per heavy atom. The van der Waals surface area contributed by atoms with Crippen molar-refractivity contribution in [2.24, 2.45) is 0 Å². The Kier molecular flexibility index (Phi) is 28.9. The van der Waals surface area contributed by atoms with Crippen molar-refractivity contribution >= 4 is 0 Å². The minimum absolute atomic E-state index is 0. The Hall–Kier alpha value is 0.723. The Bertz CT molecular complexity index is 31.7. The minimum atomic E-state index is -0.954. The smallest absolute Gasteiger partial charge is 0.100 e. The number of rotatable bonds is 2. The summed E-state index contributed by atoms with van der Waals surface area (Å²) in [6, 6.07) is 0. The molecular weight excluding hydrogens is 203 g/mol. The van der Waals surface area contributed by atoms with Gasteiger partial charge in [-0.3, -0.25) is 0 Å². The first-order valence-electron chi connectivity index (χ1n) is 2.15. The van der Waals surface area contributed by atoms with E-state index in [1.54, 1.807) is 0 Å². The average Bonchev–Trinajstić information content (AvgIpc) is 1.91. The molecule has 4 N–H and O–H groups in total. The van der Waals surface area contributed by atoms with Gasteiger partial charge in [-0.25, -0.2) is 0 Å². The van der Waals surface area contributed by atoms with Gasteiger partial charge >= 0.3 is 0 Å². The van der Waals surface area contributed by atoms with Crippen molar-refractivity contribution < 1.29 is 46.6 Å². The van der Waals surface area contributed by atoms with E-state index in [9.17, 15) is 0 Å². The molecule has 0 fully saturated rings. The third-order valence-corrected chi connectivity index (χ3v) is 0.421. The van der Waals surface area contributed by atoms with Crippen LogP contribution in [-0.2, 0) is 26.2 Å². The van der Waals surface area contributed by atoms with Gasteiger partial charge in [-0.1, -0.05) is 0 Å². The van der Waals surface area contributed by atoms with Crippen LogP contribution >= 0.6 is 0 Å². The molecule has 9 heavy (non-hydrogen) atoms. The van der Waals surface area contributed by atoms with Crippen LogP contribution in [0.4, 0.5) is 0 Å². The van der Waals surface area contributed by atoms with Gasteiger partial charge in [0.25, 0.3) is 0 Å². The summed E-state index contributed by atoms with van der Waals surface area (Å²) in [4.78, 5) is 0. The second-order valence-electron chi connectivity index (χ2n) is 1.02. The summed E-state index contributed by atoms with van der Waals surface area (Å²) >= 11 is 0. The molecule has 0 saturated heterocycles. The van der Waals surface area contributed by atoms with Gasteiger partial charge in [0.2, 0.25) is 0 Å². The zero-order valence-corrected chi connectivity index (χ0v) is 7.74. The fraction of sp³-hybridized carbons (Fsp3) is 1.00. The van der Waals surface area contributed by atoms with Gasteiger partial charge in [-0.2, -0.15) is 0 Å². The van der Waals surface area contributed by atoms with Gasteiger partial charge in [-0.15, -0.1) is 0 Å². The van der Waals surface area contributed by atoms with Gasteiger partial charge in [-0.05, 0) is 0 Å². The Morgan fingerprint density at radius 1 is 1.11 bits per heavy atom. The van der Waals surface area contributed by atoms with Gasteiger partial charge in [0, 0.05) is 33.3 Å². The summed E-state index contributed by atoms with van der Waals surface area (Å²) in [6.07, 6.45) is -0.954. The third-order valence-electron chi connectivity index (χ3n) is 0.421. The quantitative estimate of drug-likeness (QED) is 0.427. The molecule has 0 heterocycles.